The maximum absolute atomic E-state index is 4.38. The summed E-state index contributed by atoms with van der Waals surface area (Å²) in [5.74, 6) is 2.67. The Labute approximate surface area is 125 Å². The van der Waals surface area contributed by atoms with Crippen LogP contribution in [0.1, 0.15) is 5.69 Å². The smallest absolute Gasteiger partial charge is 0.254 e. The minimum Gasteiger partial charge on any atom is -0.353 e. The number of fused-ring (bicyclic) bond motifs is 1. The molecule has 3 aromatic rings. The van der Waals surface area contributed by atoms with E-state index in [9.17, 15) is 0 Å². The van der Waals surface area contributed by atoms with Gasteiger partial charge in [0.1, 0.15) is 12.1 Å². The third-order valence-corrected chi connectivity index (χ3v) is 4.11. The van der Waals surface area contributed by atoms with Crippen LogP contribution in [0.5, 0.6) is 0 Å². The average molecular weight is 302 g/mol. The van der Waals surface area contributed by atoms with Crippen LogP contribution in [0.3, 0.4) is 0 Å². The first-order valence-corrected chi connectivity index (χ1v) is 7.49. The number of nitrogens with zero attached hydrogens (tertiary/aromatic N) is 8. The first kappa shape index (κ1) is 12.5. The van der Waals surface area contributed by atoms with E-state index in [-0.39, 0.29) is 0 Å². The lowest BCUT2D eigenvalue weighted by molar-refractivity contribution is 0.634. The summed E-state index contributed by atoms with van der Waals surface area (Å²) < 4.78 is 10.2. The van der Waals surface area contributed by atoms with E-state index >= 15 is 0 Å². The monoisotopic (exact) mass is 302 g/mol. The van der Waals surface area contributed by atoms with E-state index in [1.165, 1.54) is 11.7 Å². The van der Waals surface area contributed by atoms with Gasteiger partial charge in [-0.2, -0.15) is 23.3 Å². The predicted octanol–water partition coefficient (Wildman–Crippen LogP) is 0.611. The zero-order chi connectivity index (χ0) is 14.2. The van der Waals surface area contributed by atoms with E-state index in [1.807, 2.05) is 13.1 Å². The highest BCUT2D eigenvalue weighted by molar-refractivity contribution is 6.99. The molecule has 1 saturated heterocycles. The van der Waals surface area contributed by atoms with Crippen molar-refractivity contribution in [2.24, 2.45) is 0 Å². The maximum atomic E-state index is 4.38. The molecule has 0 spiro atoms. The van der Waals surface area contributed by atoms with Crippen LogP contribution < -0.4 is 9.80 Å². The summed E-state index contributed by atoms with van der Waals surface area (Å²) in [6.45, 7) is 5.65. The Hall–Kier alpha value is -2.29. The number of hydrogen-bond acceptors (Lipinski definition) is 8. The van der Waals surface area contributed by atoms with Crippen molar-refractivity contribution < 1.29 is 0 Å². The number of aromatic nitrogens is 6. The zero-order valence-electron chi connectivity index (χ0n) is 11.5. The van der Waals surface area contributed by atoms with E-state index in [4.69, 9.17) is 0 Å². The Balaban J connectivity index is 1.59. The summed E-state index contributed by atoms with van der Waals surface area (Å²) in [7, 11) is 0. The van der Waals surface area contributed by atoms with Gasteiger partial charge in [0, 0.05) is 37.9 Å². The molecule has 4 rings (SSSR count). The van der Waals surface area contributed by atoms with Crippen LogP contribution in [0.15, 0.2) is 18.6 Å². The van der Waals surface area contributed by atoms with Gasteiger partial charge in [0.2, 0.25) is 0 Å². The standard InChI is InChI=1S/C12H14N8S/c1-9-6-11(20-12(16-9)13-8-14-20)19-4-2-18(3-5-19)10-7-15-21-17-10/h6-8H,2-5H2,1H3. The number of aryl methyl sites for hydroxylation is 1. The predicted molar refractivity (Wildman–Crippen MR) is 79.9 cm³/mol. The maximum Gasteiger partial charge on any atom is 0.254 e. The summed E-state index contributed by atoms with van der Waals surface area (Å²) in [5.41, 5.74) is 0.955. The fraction of sp³-hybridized carbons (Fsp3) is 0.417. The fourth-order valence-corrected chi connectivity index (χ4v) is 3.04. The minimum atomic E-state index is 0.649. The number of rotatable bonds is 2. The fourth-order valence-electron chi connectivity index (χ4n) is 2.60. The largest absolute Gasteiger partial charge is 0.353 e. The molecule has 0 saturated carbocycles. The average Bonchev–Trinajstić information content (AvgIpc) is 3.17. The summed E-state index contributed by atoms with van der Waals surface area (Å²) in [6, 6.07) is 2.06. The molecule has 108 valence electrons. The van der Waals surface area contributed by atoms with Crippen molar-refractivity contribution in [2.75, 3.05) is 36.0 Å². The van der Waals surface area contributed by atoms with Crippen molar-refractivity contribution in [1.29, 1.82) is 0 Å². The summed E-state index contributed by atoms with van der Waals surface area (Å²) >= 11 is 1.25. The Morgan fingerprint density at radius 2 is 1.95 bits per heavy atom. The van der Waals surface area contributed by atoms with Crippen molar-refractivity contribution in [3.05, 3.63) is 24.3 Å². The van der Waals surface area contributed by atoms with Crippen LogP contribution in [0.25, 0.3) is 5.78 Å². The zero-order valence-corrected chi connectivity index (χ0v) is 12.4. The van der Waals surface area contributed by atoms with Crippen molar-refractivity contribution in [3.63, 3.8) is 0 Å². The van der Waals surface area contributed by atoms with Crippen LogP contribution in [-0.4, -0.2) is 54.5 Å². The highest BCUT2D eigenvalue weighted by atomic mass is 32.1. The molecule has 0 aliphatic carbocycles. The highest BCUT2D eigenvalue weighted by Gasteiger charge is 2.21. The molecule has 0 radical (unpaired) electrons. The first-order valence-electron chi connectivity index (χ1n) is 6.76. The molecule has 21 heavy (non-hydrogen) atoms. The van der Waals surface area contributed by atoms with Crippen molar-refractivity contribution >= 4 is 29.1 Å². The molecule has 4 heterocycles. The van der Waals surface area contributed by atoms with Gasteiger partial charge >= 0.3 is 0 Å². The molecule has 0 unspecified atom stereocenters. The Morgan fingerprint density at radius 1 is 1.14 bits per heavy atom. The van der Waals surface area contributed by atoms with E-state index < -0.39 is 0 Å². The normalized spacial score (nSPS) is 15.9. The van der Waals surface area contributed by atoms with E-state index in [0.717, 1.165) is 43.5 Å². The Kier molecular flexibility index (Phi) is 2.92. The SMILES string of the molecule is Cc1cc(N2CCN(c3cnsn3)CC2)n2ncnc2n1. The first-order chi connectivity index (χ1) is 10.3. The van der Waals surface area contributed by atoms with Crippen LogP contribution in [0.2, 0.25) is 0 Å². The van der Waals surface area contributed by atoms with Crippen molar-refractivity contribution in [1.82, 2.24) is 28.3 Å². The molecule has 9 heteroatoms. The van der Waals surface area contributed by atoms with Gasteiger partial charge in [-0.1, -0.05) is 0 Å². The lowest BCUT2D eigenvalue weighted by Crippen LogP contribution is -2.47. The molecule has 0 atom stereocenters. The third-order valence-electron chi connectivity index (χ3n) is 3.64. The molecule has 3 aromatic heterocycles. The van der Waals surface area contributed by atoms with Gasteiger partial charge in [-0.05, 0) is 6.92 Å². The van der Waals surface area contributed by atoms with Crippen molar-refractivity contribution in [2.45, 2.75) is 6.92 Å². The van der Waals surface area contributed by atoms with E-state index in [2.05, 4.69) is 39.7 Å². The summed E-state index contributed by atoms with van der Waals surface area (Å²) in [5, 5.41) is 4.27. The van der Waals surface area contributed by atoms with Gasteiger partial charge in [-0.3, -0.25) is 0 Å². The molecular weight excluding hydrogens is 288 g/mol. The van der Waals surface area contributed by atoms with E-state index in [0.29, 0.717) is 5.78 Å². The van der Waals surface area contributed by atoms with Crippen LogP contribution in [0.4, 0.5) is 11.6 Å². The van der Waals surface area contributed by atoms with Gasteiger partial charge in [-0.15, -0.1) is 0 Å². The molecule has 1 aliphatic rings. The molecule has 1 aliphatic heterocycles. The van der Waals surface area contributed by atoms with Gasteiger partial charge in [0.05, 0.1) is 17.9 Å². The molecule has 0 bridgehead atoms. The second kappa shape index (κ2) is 4.92. The van der Waals surface area contributed by atoms with Gasteiger partial charge in [0.25, 0.3) is 5.78 Å². The number of piperazine rings is 1. The molecular formula is C12H14N8S. The Bertz CT molecular complexity index is 744. The van der Waals surface area contributed by atoms with E-state index in [1.54, 1.807) is 10.8 Å². The lowest BCUT2D eigenvalue weighted by atomic mass is 10.3. The topological polar surface area (TPSA) is 75.3 Å². The summed E-state index contributed by atoms with van der Waals surface area (Å²) in [6.07, 6.45) is 3.37. The quantitative estimate of drug-likeness (QED) is 0.686. The second-order valence-electron chi connectivity index (χ2n) is 4.97. The molecule has 0 amide bonds. The second-order valence-corrected chi connectivity index (χ2v) is 5.52. The molecule has 0 N–H and O–H groups in total. The van der Waals surface area contributed by atoms with Crippen LogP contribution in [0, 0.1) is 6.92 Å². The van der Waals surface area contributed by atoms with Crippen molar-refractivity contribution in [3.8, 4) is 0 Å². The highest BCUT2D eigenvalue weighted by Crippen LogP contribution is 2.20. The molecule has 0 aromatic carbocycles. The molecule has 1 fully saturated rings. The minimum absolute atomic E-state index is 0.649. The van der Waals surface area contributed by atoms with Gasteiger partial charge in [-0.25, -0.2) is 4.98 Å². The summed E-state index contributed by atoms with van der Waals surface area (Å²) in [4.78, 5) is 13.1. The number of anilines is 2. The number of hydrogen-bond donors (Lipinski definition) is 0. The molecule has 8 nitrogen and oxygen atoms in total. The van der Waals surface area contributed by atoms with Crippen LogP contribution >= 0.6 is 11.7 Å². The Morgan fingerprint density at radius 3 is 2.71 bits per heavy atom. The van der Waals surface area contributed by atoms with Gasteiger partial charge in [0.15, 0.2) is 5.82 Å². The van der Waals surface area contributed by atoms with Gasteiger partial charge < -0.3 is 9.80 Å². The third kappa shape index (κ3) is 2.19. The lowest BCUT2D eigenvalue weighted by Gasteiger charge is -2.35. The van der Waals surface area contributed by atoms with Crippen LogP contribution in [-0.2, 0) is 0 Å².